The third kappa shape index (κ3) is 3.05. The van der Waals surface area contributed by atoms with Crippen LogP contribution in [0.25, 0.3) is 0 Å². The molecule has 0 aromatic heterocycles. The van der Waals surface area contributed by atoms with Crippen molar-refractivity contribution < 1.29 is 0 Å². The smallest absolute Gasteiger partial charge is 0.0414 e. The molecule has 0 radical (unpaired) electrons. The molecule has 1 fully saturated rings. The summed E-state index contributed by atoms with van der Waals surface area (Å²) < 4.78 is 0. The predicted octanol–water partition coefficient (Wildman–Crippen LogP) is 3.59. The Labute approximate surface area is 111 Å². The van der Waals surface area contributed by atoms with Gasteiger partial charge in [0.05, 0.1) is 0 Å². The normalized spacial score (nSPS) is 16.6. The van der Waals surface area contributed by atoms with Crippen molar-refractivity contribution in [2.45, 2.75) is 39.2 Å². The van der Waals surface area contributed by atoms with E-state index < -0.39 is 0 Å². The van der Waals surface area contributed by atoms with Crippen LogP contribution in [0.4, 0.5) is 5.69 Å². The van der Waals surface area contributed by atoms with E-state index in [0.29, 0.717) is 6.04 Å². The minimum Gasteiger partial charge on any atom is -0.371 e. The number of rotatable bonds is 7. The molecule has 0 saturated heterocycles. The first-order chi connectivity index (χ1) is 8.80. The molecule has 1 N–H and O–H groups in total. The summed E-state index contributed by atoms with van der Waals surface area (Å²) >= 11 is 0. The fourth-order valence-corrected chi connectivity index (χ4v) is 2.66. The summed E-state index contributed by atoms with van der Waals surface area (Å²) in [5, 5.41) is 3.43. The van der Waals surface area contributed by atoms with Crippen LogP contribution < -0.4 is 10.2 Å². The molecule has 1 saturated carbocycles. The number of hydrogen-bond acceptors (Lipinski definition) is 2. The molecule has 2 rings (SSSR count). The van der Waals surface area contributed by atoms with Crippen molar-refractivity contribution in [2.24, 2.45) is 5.92 Å². The Morgan fingerprint density at radius 2 is 2.00 bits per heavy atom. The van der Waals surface area contributed by atoms with E-state index in [4.69, 9.17) is 0 Å². The second-order valence-corrected chi connectivity index (χ2v) is 5.29. The SMILES string of the molecule is CCC(NC)c1ccccc1N(CC)CC1CC1. The lowest BCUT2D eigenvalue weighted by Gasteiger charge is -2.28. The van der Waals surface area contributed by atoms with Crippen LogP contribution in [0, 0.1) is 5.92 Å². The lowest BCUT2D eigenvalue weighted by atomic mass is 10.0. The molecule has 0 heterocycles. The van der Waals surface area contributed by atoms with Crippen molar-refractivity contribution >= 4 is 5.69 Å². The molecular weight excluding hydrogens is 220 g/mol. The Kier molecular flexibility index (Phi) is 4.65. The second-order valence-electron chi connectivity index (χ2n) is 5.29. The number of nitrogens with zero attached hydrogens (tertiary/aromatic N) is 1. The minimum absolute atomic E-state index is 0.467. The number of nitrogens with one attached hydrogen (secondary N) is 1. The van der Waals surface area contributed by atoms with E-state index in [2.05, 4.69) is 55.4 Å². The van der Waals surface area contributed by atoms with Crippen LogP contribution in [-0.4, -0.2) is 20.1 Å². The van der Waals surface area contributed by atoms with Gasteiger partial charge in [0.2, 0.25) is 0 Å². The van der Waals surface area contributed by atoms with Gasteiger partial charge >= 0.3 is 0 Å². The summed E-state index contributed by atoms with van der Waals surface area (Å²) in [6.07, 6.45) is 3.97. The van der Waals surface area contributed by atoms with Gasteiger partial charge in [-0.2, -0.15) is 0 Å². The van der Waals surface area contributed by atoms with E-state index in [0.717, 1.165) is 18.9 Å². The zero-order valence-corrected chi connectivity index (χ0v) is 11.9. The first kappa shape index (κ1) is 13.4. The van der Waals surface area contributed by atoms with Crippen LogP contribution >= 0.6 is 0 Å². The summed E-state index contributed by atoms with van der Waals surface area (Å²) in [7, 11) is 2.06. The number of benzene rings is 1. The highest BCUT2D eigenvalue weighted by Crippen LogP contribution is 2.34. The maximum atomic E-state index is 3.43. The lowest BCUT2D eigenvalue weighted by Crippen LogP contribution is -2.28. The van der Waals surface area contributed by atoms with Gasteiger partial charge in [0, 0.05) is 24.8 Å². The van der Waals surface area contributed by atoms with Crippen molar-refractivity contribution in [3.05, 3.63) is 29.8 Å². The highest BCUT2D eigenvalue weighted by Gasteiger charge is 2.25. The fourth-order valence-electron chi connectivity index (χ4n) is 2.66. The van der Waals surface area contributed by atoms with Crippen LogP contribution in [0.2, 0.25) is 0 Å². The van der Waals surface area contributed by atoms with Gasteiger partial charge in [-0.3, -0.25) is 0 Å². The Morgan fingerprint density at radius 3 is 2.56 bits per heavy atom. The first-order valence-electron chi connectivity index (χ1n) is 7.31. The molecule has 1 aromatic carbocycles. The number of anilines is 1. The Bertz CT molecular complexity index is 367. The van der Waals surface area contributed by atoms with E-state index >= 15 is 0 Å². The molecule has 100 valence electrons. The van der Waals surface area contributed by atoms with Gasteiger partial charge in [0.1, 0.15) is 0 Å². The van der Waals surface area contributed by atoms with Crippen molar-refractivity contribution in [2.75, 3.05) is 25.0 Å². The Hall–Kier alpha value is -1.02. The van der Waals surface area contributed by atoms with Crippen LogP contribution in [0.15, 0.2) is 24.3 Å². The molecule has 1 aliphatic rings. The first-order valence-corrected chi connectivity index (χ1v) is 7.31. The average Bonchev–Trinajstić information content (AvgIpc) is 3.22. The zero-order chi connectivity index (χ0) is 13.0. The van der Waals surface area contributed by atoms with Gasteiger partial charge in [0.25, 0.3) is 0 Å². The fraction of sp³-hybridized carbons (Fsp3) is 0.625. The van der Waals surface area contributed by atoms with Crippen LogP contribution in [-0.2, 0) is 0 Å². The molecule has 0 amide bonds. The molecule has 2 nitrogen and oxygen atoms in total. The highest BCUT2D eigenvalue weighted by molar-refractivity contribution is 5.55. The standard InChI is InChI=1S/C16H26N2/c1-4-15(17-3)14-8-6-7-9-16(14)18(5-2)12-13-10-11-13/h6-9,13,15,17H,4-5,10-12H2,1-3H3. The molecule has 1 unspecified atom stereocenters. The molecule has 0 spiro atoms. The second kappa shape index (κ2) is 6.24. The summed E-state index contributed by atoms with van der Waals surface area (Å²) in [5.74, 6) is 0.938. The summed E-state index contributed by atoms with van der Waals surface area (Å²) in [4.78, 5) is 2.55. The predicted molar refractivity (Wildman–Crippen MR) is 79.1 cm³/mol. The topological polar surface area (TPSA) is 15.3 Å². The van der Waals surface area contributed by atoms with E-state index in [1.54, 1.807) is 0 Å². The van der Waals surface area contributed by atoms with Crippen LogP contribution in [0.1, 0.15) is 44.7 Å². The zero-order valence-electron chi connectivity index (χ0n) is 11.9. The number of hydrogen-bond donors (Lipinski definition) is 1. The van der Waals surface area contributed by atoms with Crippen molar-refractivity contribution in [1.82, 2.24) is 5.32 Å². The number of para-hydroxylation sites is 1. The van der Waals surface area contributed by atoms with E-state index in [9.17, 15) is 0 Å². The summed E-state index contributed by atoms with van der Waals surface area (Å²) in [6, 6.07) is 9.34. The van der Waals surface area contributed by atoms with Gasteiger partial charge in [-0.25, -0.2) is 0 Å². The lowest BCUT2D eigenvalue weighted by molar-refractivity contribution is 0.574. The molecule has 1 aliphatic carbocycles. The third-order valence-electron chi connectivity index (χ3n) is 3.97. The van der Waals surface area contributed by atoms with E-state index in [-0.39, 0.29) is 0 Å². The molecule has 1 atom stereocenters. The van der Waals surface area contributed by atoms with Gasteiger partial charge < -0.3 is 10.2 Å². The molecule has 0 bridgehead atoms. The van der Waals surface area contributed by atoms with Crippen LogP contribution in [0.3, 0.4) is 0 Å². The molecule has 0 aliphatic heterocycles. The quantitative estimate of drug-likeness (QED) is 0.791. The largest absolute Gasteiger partial charge is 0.371 e. The molecular formula is C16H26N2. The summed E-state index contributed by atoms with van der Waals surface area (Å²) in [5.41, 5.74) is 2.87. The van der Waals surface area contributed by atoms with Crippen molar-refractivity contribution in [1.29, 1.82) is 0 Å². The van der Waals surface area contributed by atoms with Gasteiger partial charge in [0.15, 0.2) is 0 Å². The maximum Gasteiger partial charge on any atom is 0.0414 e. The minimum atomic E-state index is 0.467. The Balaban J connectivity index is 2.23. The Morgan fingerprint density at radius 1 is 1.28 bits per heavy atom. The summed E-state index contributed by atoms with van der Waals surface area (Å²) in [6.45, 7) is 6.84. The van der Waals surface area contributed by atoms with E-state index in [1.165, 1.54) is 30.6 Å². The molecule has 2 heteroatoms. The van der Waals surface area contributed by atoms with E-state index in [1.807, 2.05) is 0 Å². The molecule has 1 aromatic rings. The van der Waals surface area contributed by atoms with Crippen molar-refractivity contribution in [3.63, 3.8) is 0 Å². The molecule has 18 heavy (non-hydrogen) atoms. The van der Waals surface area contributed by atoms with Crippen molar-refractivity contribution in [3.8, 4) is 0 Å². The third-order valence-corrected chi connectivity index (χ3v) is 3.97. The highest BCUT2D eigenvalue weighted by atomic mass is 15.1. The maximum absolute atomic E-state index is 3.43. The van der Waals surface area contributed by atoms with Gasteiger partial charge in [-0.05, 0) is 50.8 Å². The van der Waals surface area contributed by atoms with Crippen LogP contribution in [0.5, 0.6) is 0 Å². The van der Waals surface area contributed by atoms with Gasteiger partial charge in [-0.1, -0.05) is 25.1 Å². The van der Waals surface area contributed by atoms with Gasteiger partial charge in [-0.15, -0.1) is 0 Å². The average molecular weight is 246 g/mol. The monoisotopic (exact) mass is 246 g/mol.